The largest absolute Gasteiger partial charge is 0.478 e. The maximum atomic E-state index is 13.3. The molecule has 0 aliphatic heterocycles. The number of benzene rings is 1. The summed E-state index contributed by atoms with van der Waals surface area (Å²) in [5.41, 5.74) is 0.541. The van der Waals surface area contributed by atoms with Crippen molar-refractivity contribution in [3.8, 4) is 11.6 Å². The van der Waals surface area contributed by atoms with E-state index in [1.54, 1.807) is 6.07 Å². The fraction of sp³-hybridized carbons (Fsp3) is 0. The molecule has 1 heterocycles. The minimum absolute atomic E-state index is 0.0713. The Hall–Kier alpha value is -2.76. The number of pyridine rings is 1. The van der Waals surface area contributed by atoms with E-state index in [0.29, 0.717) is 5.56 Å². The van der Waals surface area contributed by atoms with Crippen molar-refractivity contribution in [2.45, 2.75) is 0 Å². The van der Waals surface area contributed by atoms with E-state index in [2.05, 4.69) is 4.98 Å². The van der Waals surface area contributed by atoms with Gasteiger partial charge < -0.3 is 9.84 Å². The van der Waals surface area contributed by atoms with Gasteiger partial charge in [-0.05, 0) is 29.8 Å². The summed E-state index contributed by atoms with van der Waals surface area (Å²) in [6.45, 7) is 0. The van der Waals surface area contributed by atoms with Crippen LogP contribution in [0, 0.1) is 11.6 Å². The van der Waals surface area contributed by atoms with Crippen LogP contribution in [0.2, 0.25) is 0 Å². The number of carbonyl (C=O) groups is 1. The number of carboxylic acids is 1. The van der Waals surface area contributed by atoms with Crippen LogP contribution in [0.4, 0.5) is 8.78 Å². The summed E-state index contributed by atoms with van der Waals surface area (Å²) < 4.78 is 31.4. The van der Waals surface area contributed by atoms with Crippen LogP contribution < -0.4 is 4.74 Å². The van der Waals surface area contributed by atoms with E-state index in [9.17, 15) is 13.6 Å². The lowest BCUT2D eigenvalue weighted by atomic mass is 10.2. The predicted octanol–water partition coefficient (Wildman–Crippen LogP) is 3.25. The van der Waals surface area contributed by atoms with Gasteiger partial charge in [0.05, 0.1) is 0 Å². The van der Waals surface area contributed by atoms with Crippen LogP contribution in [0.15, 0.2) is 42.6 Å². The fourth-order valence-corrected chi connectivity index (χ4v) is 1.39. The first-order valence-electron chi connectivity index (χ1n) is 5.54. The van der Waals surface area contributed by atoms with Gasteiger partial charge in [-0.15, -0.1) is 0 Å². The van der Waals surface area contributed by atoms with Crippen molar-refractivity contribution >= 4 is 12.0 Å². The molecular formula is C14H9F2NO3. The molecule has 0 amide bonds. The smallest absolute Gasteiger partial charge is 0.328 e. The molecule has 0 radical (unpaired) electrons. The third kappa shape index (κ3) is 3.61. The summed E-state index contributed by atoms with van der Waals surface area (Å²) in [4.78, 5) is 14.2. The van der Waals surface area contributed by atoms with Crippen molar-refractivity contribution in [3.63, 3.8) is 0 Å². The van der Waals surface area contributed by atoms with Gasteiger partial charge in [-0.25, -0.2) is 18.6 Å². The van der Waals surface area contributed by atoms with Crippen molar-refractivity contribution in [1.29, 1.82) is 0 Å². The molecule has 0 saturated heterocycles. The van der Waals surface area contributed by atoms with Gasteiger partial charge in [0.1, 0.15) is 5.82 Å². The van der Waals surface area contributed by atoms with Crippen LogP contribution in [-0.2, 0) is 4.79 Å². The summed E-state index contributed by atoms with van der Waals surface area (Å²) >= 11 is 0. The van der Waals surface area contributed by atoms with Gasteiger partial charge in [0.2, 0.25) is 5.88 Å². The second-order valence-electron chi connectivity index (χ2n) is 3.78. The lowest BCUT2D eigenvalue weighted by Gasteiger charge is -2.05. The van der Waals surface area contributed by atoms with E-state index >= 15 is 0 Å². The highest BCUT2D eigenvalue weighted by Crippen LogP contribution is 2.23. The summed E-state index contributed by atoms with van der Waals surface area (Å²) in [5, 5.41) is 8.47. The van der Waals surface area contributed by atoms with Gasteiger partial charge in [0.15, 0.2) is 11.6 Å². The molecule has 0 saturated carbocycles. The van der Waals surface area contributed by atoms with Crippen molar-refractivity contribution in [1.82, 2.24) is 4.98 Å². The van der Waals surface area contributed by atoms with E-state index in [-0.39, 0.29) is 11.6 Å². The number of rotatable bonds is 4. The molecule has 0 spiro atoms. The third-order valence-electron chi connectivity index (χ3n) is 2.29. The lowest BCUT2D eigenvalue weighted by molar-refractivity contribution is -0.131. The highest BCUT2D eigenvalue weighted by atomic mass is 19.1. The summed E-state index contributed by atoms with van der Waals surface area (Å²) in [6.07, 6.45) is 3.66. The number of ether oxygens (including phenoxy) is 1. The molecule has 0 aliphatic rings. The fourth-order valence-electron chi connectivity index (χ4n) is 1.39. The highest BCUT2D eigenvalue weighted by Gasteiger charge is 2.07. The summed E-state index contributed by atoms with van der Waals surface area (Å²) in [6, 6.07) is 5.81. The summed E-state index contributed by atoms with van der Waals surface area (Å²) in [5.74, 6) is -2.61. The van der Waals surface area contributed by atoms with Crippen LogP contribution in [0.5, 0.6) is 11.6 Å². The van der Waals surface area contributed by atoms with E-state index in [0.717, 1.165) is 24.3 Å². The molecule has 20 heavy (non-hydrogen) atoms. The van der Waals surface area contributed by atoms with E-state index in [1.807, 2.05) is 0 Å². The van der Waals surface area contributed by atoms with Gasteiger partial charge in [-0.2, -0.15) is 0 Å². The molecule has 0 unspecified atom stereocenters. The molecular weight excluding hydrogens is 268 g/mol. The third-order valence-corrected chi connectivity index (χ3v) is 2.29. The van der Waals surface area contributed by atoms with Crippen molar-refractivity contribution < 1.29 is 23.4 Å². The van der Waals surface area contributed by atoms with Crippen molar-refractivity contribution in [2.24, 2.45) is 0 Å². The first-order chi connectivity index (χ1) is 9.54. The van der Waals surface area contributed by atoms with Crippen LogP contribution in [0.3, 0.4) is 0 Å². The molecule has 0 fully saturated rings. The minimum atomic E-state index is -1.08. The number of aliphatic carboxylic acids is 1. The Morgan fingerprint density at radius 2 is 2.05 bits per heavy atom. The molecule has 1 aromatic carbocycles. The number of hydrogen-bond acceptors (Lipinski definition) is 3. The maximum absolute atomic E-state index is 13.3. The molecule has 0 aliphatic carbocycles. The number of halogens is 2. The first-order valence-corrected chi connectivity index (χ1v) is 5.54. The number of aromatic nitrogens is 1. The molecule has 6 heteroatoms. The molecule has 102 valence electrons. The highest BCUT2D eigenvalue weighted by molar-refractivity contribution is 5.85. The Bertz CT molecular complexity index is 654. The number of nitrogens with zero attached hydrogens (tertiary/aromatic N) is 1. The average molecular weight is 277 g/mol. The predicted molar refractivity (Wildman–Crippen MR) is 67.3 cm³/mol. The normalized spacial score (nSPS) is 10.7. The molecule has 4 nitrogen and oxygen atoms in total. The second-order valence-corrected chi connectivity index (χ2v) is 3.78. The zero-order valence-corrected chi connectivity index (χ0v) is 10.1. The molecule has 0 bridgehead atoms. The van der Waals surface area contributed by atoms with Crippen LogP contribution in [-0.4, -0.2) is 16.1 Å². The molecule has 0 atom stereocenters. The number of hydrogen-bond donors (Lipinski definition) is 1. The molecule has 1 aromatic heterocycles. The van der Waals surface area contributed by atoms with Crippen molar-refractivity contribution in [3.05, 3.63) is 59.8 Å². The van der Waals surface area contributed by atoms with Gasteiger partial charge in [0, 0.05) is 24.4 Å². The quantitative estimate of drug-likeness (QED) is 0.871. The van der Waals surface area contributed by atoms with Gasteiger partial charge in [-0.1, -0.05) is 0 Å². The van der Waals surface area contributed by atoms with Gasteiger partial charge in [-0.3, -0.25) is 0 Å². The zero-order chi connectivity index (χ0) is 14.5. The monoisotopic (exact) mass is 277 g/mol. The maximum Gasteiger partial charge on any atom is 0.328 e. The Morgan fingerprint density at radius 3 is 2.70 bits per heavy atom. The zero-order valence-electron chi connectivity index (χ0n) is 10.1. The van der Waals surface area contributed by atoms with Crippen molar-refractivity contribution in [2.75, 3.05) is 0 Å². The molecule has 2 rings (SSSR count). The topological polar surface area (TPSA) is 59.4 Å². The Labute approximate surface area is 113 Å². The van der Waals surface area contributed by atoms with E-state index < -0.39 is 17.6 Å². The average Bonchev–Trinajstić information content (AvgIpc) is 2.42. The van der Waals surface area contributed by atoms with Gasteiger partial charge in [0.25, 0.3) is 0 Å². The Morgan fingerprint density at radius 1 is 1.25 bits per heavy atom. The van der Waals surface area contributed by atoms with Gasteiger partial charge >= 0.3 is 5.97 Å². The lowest BCUT2D eigenvalue weighted by Crippen LogP contribution is -1.92. The Balaban J connectivity index is 2.14. The van der Waals surface area contributed by atoms with E-state index in [4.69, 9.17) is 9.84 Å². The Kier molecular flexibility index (Phi) is 4.05. The number of carboxylic acid groups (broad SMARTS) is 1. The molecule has 2 aromatic rings. The van der Waals surface area contributed by atoms with Crippen LogP contribution in [0.1, 0.15) is 5.56 Å². The molecule has 1 N–H and O–H groups in total. The second kappa shape index (κ2) is 5.92. The van der Waals surface area contributed by atoms with E-state index in [1.165, 1.54) is 18.3 Å². The first kappa shape index (κ1) is 13.7. The summed E-state index contributed by atoms with van der Waals surface area (Å²) in [7, 11) is 0. The van der Waals surface area contributed by atoms with Crippen LogP contribution in [0.25, 0.3) is 6.08 Å². The standard InChI is InChI=1S/C14H9F2NO3/c15-10-3-4-11(16)12(7-10)20-13-5-1-9(8-17-13)2-6-14(18)19/h1-8H,(H,18,19)/b6-2+. The van der Waals surface area contributed by atoms with Crippen LogP contribution >= 0.6 is 0 Å². The SMILES string of the molecule is O=C(O)/C=C/c1ccc(Oc2cc(F)ccc2F)nc1. The minimum Gasteiger partial charge on any atom is -0.478 e.